The molecule has 0 radical (unpaired) electrons. The number of benzene rings is 2. The average molecular weight is 318 g/mol. The Bertz CT molecular complexity index is 816. The molecule has 2 aliphatic rings. The summed E-state index contributed by atoms with van der Waals surface area (Å²) >= 11 is 0. The number of carbonyl (C=O) groups is 1. The molecule has 2 aromatic rings. The highest BCUT2D eigenvalue weighted by Crippen LogP contribution is 2.46. The van der Waals surface area contributed by atoms with Gasteiger partial charge in [0, 0.05) is 11.5 Å². The van der Waals surface area contributed by atoms with E-state index in [4.69, 9.17) is 9.47 Å². The highest BCUT2D eigenvalue weighted by molar-refractivity contribution is 5.89. The fourth-order valence-electron chi connectivity index (χ4n) is 3.54. The fourth-order valence-corrected chi connectivity index (χ4v) is 3.54. The quantitative estimate of drug-likeness (QED) is 0.791. The van der Waals surface area contributed by atoms with Crippen LogP contribution in [0.25, 0.3) is 5.76 Å². The average Bonchev–Trinajstić information content (AvgIpc) is 3.11. The first-order valence-corrected chi connectivity index (χ1v) is 8.09. The Morgan fingerprint density at radius 3 is 2.50 bits per heavy atom. The van der Waals surface area contributed by atoms with Crippen LogP contribution in [0.5, 0.6) is 5.75 Å². The summed E-state index contributed by atoms with van der Waals surface area (Å²) in [5, 5.41) is 0. The van der Waals surface area contributed by atoms with Gasteiger partial charge in [-0.2, -0.15) is 0 Å². The molecule has 1 aliphatic carbocycles. The van der Waals surface area contributed by atoms with E-state index in [1.54, 1.807) is 7.11 Å². The Morgan fingerprint density at radius 2 is 1.79 bits per heavy atom. The van der Waals surface area contributed by atoms with Crippen LogP contribution in [0.15, 0.2) is 72.3 Å². The summed E-state index contributed by atoms with van der Waals surface area (Å²) in [7, 11) is 1.64. The molecule has 0 amide bonds. The number of esters is 1. The van der Waals surface area contributed by atoms with Crippen molar-refractivity contribution in [1.82, 2.24) is 0 Å². The number of hydrogen-bond acceptors (Lipinski definition) is 3. The topological polar surface area (TPSA) is 35.5 Å². The first-order valence-electron chi connectivity index (χ1n) is 8.09. The normalized spacial score (nSPS) is 22.3. The van der Waals surface area contributed by atoms with E-state index in [9.17, 15) is 4.79 Å². The van der Waals surface area contributed by atoms with Gasteiger partial charge in [-0.15, -0.1) is 0 Å². The molecular formula is C21H18O3. The smallest absolute Gasteiger partial charge is 0.319 e. The predicted molar refractivity (Wildman–Crippen MR) is 92.4 cm³/mol. The lowest BCUT2D eigenvalue weighted by molar-refractivity contribution is -0.140. The van der Waals surface area contributed by atoms with Gasteiger partial charge in [0.1, 0.15) is 11.5 Å². The number of fused-ring (bicyclic) bond motifs is 1. The van der Waals surface area contributed by atoms with E-state index < -0.39 is 0 Å². The molecule has 4 rings (SSSR count). The molecule has 2 atom stereocenters. The molecule has 0 aromatic heterocycles. The molecular weight excluding hydrogens is 300 g/mol. The monoisotopic (exact) mass is 318 g/mol. The predicted octanol–water partition coefficient (Wildman–Crippen LogP) is 4.32. The van der Waals surface area contributed by atoms with Crippen LogP contribution >= 0.6 is 0 Å². The third kappa shape index (κ3) is 2.42. The zero-order valence-corrected chi connectivity index (χ0v) is 13.4. The fraction of sp³-hybridized carbons (Fsp3) is 0.190. The van der Waals surface area contributed by atoms with Crippen LogP contribution in [0.1, 0.15) is 23.5 Å². The summed E-state index contributed by atoms with van der Waals surface area (Å²) in [4.78, 5) is 12.7. The second kappa shape index (κ2) is 6.00. The summed E-state index contributed by atoms with van der Waals surface area (Å²) < 4.78 is 11.0. The van der Waals surface area contributed by atoms with Crippen molar-refractivity contribution >= 4 is 11.7 Å². The molecule has 3 nitrogen and oxygen atoms in total. The molecule has 0 N–H and O–H groups in total. The minimum atomic E-state index is -0.238. The van der Waals surface area contributed by atoms with Gasteiger partial charge in [-0.1, -0.05) is 42.5 Å². The van der Waals surface area contributed by atoms with Crippen molar-refractivity contribution in [2.24, 2.45) is 5.92 Å². The summed E-state index contributed by atoms with van der Waals surface area (Å²) in [5.74, 6) is 1.19. The van der Waals surface area contributed by atoms with Crippen molar-refractivity contribution in [3.63, 3.8) is 0 Å². The van der Waals surface area contributed by atoms with E-state index in [-0.39, 0.29) is 17.8 Å². The van der Waals surface area contributed by atoms with Crippen LogP contribution in [0.3, 0.4) is 0 Å². The van der Waals surface area contributed by atoms with Crippen molar-refractivity contribution < 1.29 is 14.3 Å². The number of cyclic esters (lactones) is 1. The lowest BCUT2D eigenvalue weighted by Gasteiger charge is -2.30. The third-order valence-electron chi connectivity index (χ3n) is 4.72. The molecule has 0 fully saturated rings. The van der Waals surface area contributed by atoms with Gasteiger partial charge < -0.3 is 9.47 Å². The van der Waals surface area contributed by atoms with Crippen molar-refractivity contribution in [1.29, 1.82) is 0 Å². The van der Waals surface area contributed by atoms with Gasteiger partial charge in [0.2, 0.25) is 0 Å². The number of ether oxygens (including phenoxy) is 2. The van der Waals surface area contributed by atoms with Crippen molar-refractivity contribution in [2.45, 2.75) is 12.3 Å². The second-order valence-electron chi connectivity index (χ2n) is 6.07. The minimum Gasteiger partial charge on any atom is -0.497 e. The molecule has 3 heteroatoms. The zero-order valence-electron chi connectivity index (χ0n) is 13.4. The standard InChI is InChI=1S/C21H18O3/c1-23-16-12-10-15(11-13-16)20-18-9-5-8-17(18)19(21(22)24-20)14-6-3-2-4-7-14/h2-7,9-13,17,19H,8H2,1H3. The molecule has 0 spiro atoms. The van der Waals surface area contributed by atoms with E-state index in [2.05, 4.69) is 12.2 Å². The lowest BCUT2D eigenvalue weighted by atomic mass is 9.79. The molecule has 0 bridgehead atoms. The Kier molecular flexibility index (Phi) is 3.69. The SMILES string of the molecule is COc1ccc(C2=C3C=CCC3C(c3ccccc3)C(=O)O2)cc1. The Hall–Kier alpha value is -2.81. The number of allylic oxidation sites excluding steroid dienone is 3. The number of hydrogen-bond donors (Lipinski definition) is 0. The van der Waals surface area contributed by atoms with Crippen LogP contribution in [0.2, 0.25) is 0 Å². The van der Waals surface area contributed by atoms with E-state index in [0.29, 0.717) is 5.76 Å². The van der Waals surface area contributed by atoms with Gasteiger partial charge in [-0.25, -0.2) is 0 Å². The Balaban J connectivity index is 1.76. The van der Waals surface area contributed by atoms with Gasteiger partial charge >= 0.3 is 5.97 Å². The molecule has 24 heavy (non-hydrogen) atoms. The molecule has 1 heterocycles. The maximum absolute atomic E-state index is 12.7. The summed E-state index contributed by atoms with van der Waals surface area (Å²) in [5.41, 5.74) is 3.03. The Morgan fingerprint density at radius 1 is 1.04 bits per heavy atom. The molecule has 0 saturated carbocycles. The summed E-state index contributed by atoms with van der Waals surface area (Å²) in [6.07, 6.45) is 5.08. The summed E-state index contributed by atoms with van der Waals surface area (Å²) in [6, 6.07) is 17.5. The third-order valence-corrected chi connectivity index (χ3v) is 4.72. The van der Waals surface area contributed by atoms with Crippen molar-refractivity contribution in [3.8, 4) is 5.75 Å². The van der Waals surface area contributed by atoms with Crippen LogP contribution in [-0.2, 0) is 9.53 Å². The van der Waals surface area contributed by atoms with Gasteiger partial charge in [0.05, 0.1) is 13.0 Å². The Labute approximate surface area is 141 Å². The first-order chi connectivity index (χ1) is 11.8. The summed E-state index contributed by atoms with van der Waals surface area (Å²) in [6.45, 7) is 0. The molecule has 0 saturated heterocycles. The first kappa shape index (κ1) is 14.8. The van der Waals surface area contributed by atoms with Crippen molar-refractivity contribution in [3.05, 3.63) is 83.4 Å². The zero-order chi connectivity index (χ0) is 16.5. The van der Waals surface area contributed by atoms with Crippen LogP contribution in [0.4, 0.5) is 0 Å². The van der Waals surface area contributed by atoms with E-state index in [1.165, 1.54) is 0 Å². The molecule has 120 valence electrons. The lowest BCUT2D eigenvalue weighted by Crippen LogP contribution is -2.28. The number of rotatable bonds is 3. The van der Waals surface area contributed by atoms with Gasteiger partial charge in [0.25, 0.3) is 0 Å². The highest BCUT2D eigenvalue weighted by atomic mass is 16.5. The van der Waals surface area contributed by atoms with Crippen LogP contribution in [0, 0.1) is 5.92 Å². The molecule has 2 aromatic carbocycles. The maximum Gasteiger partial charge on any atom is 0.319 e. The van der Waals surface area contributed by atoms with E-state index in [1.807, 2.05) is 54.6 Å². The highest BCUT2D eigenvalue weighted by Gasteiger charge is 2.40. The largest absolute Gasteiger partial charge is 0.497 e. The second-order valence-corrected chi connectivity index (χ2v) is 6.07. The minimum absolute atomic E-state index is 0.144. The van der Waals surface area contributed by atoms with Gasteiger partial charge in [0.15, 0.2) is 0 Å². The number of carbonyl (C=O) groups excluding carboxylic acids is 1. The van der Waals surface area contributed by atoms with Crippen molar-refractivity contribution in [2.75, 3.05) is 7.11 Å². The van der Waals surface area contributed by atoms with E-state index >= 15 is 0 Å². The van der Waals surface area contributed by atoms with Crippen LogP contribution in [-0.4, -0.2) is 13.1 Å². The molecule has 2 unspecified atom stereocenters. The maximum atomic E-state index is 12.7. The number of methoxy groups -OCH3 is 1. The van der Waals surface area contributed by atoms with Gasteiger partial charge in [-0.3, -0.25) is 4.79 Å². The molecule has 1 aliphatic heterocycles. The van der Waals surface area contributed by atoms with Gasteiger partial charge in [-0.05, 0) is 41.8 Å². The van der Waals surface area contributed by atoms with E-state index in [0.717, 1.165) is 28.9 Å². The van der Waals surface area contributed by atoms with Crippen LogP contribution < -0.4 is 4.74 Å².